The average Bonchev–Trinajstić information content (AvgIpc) is 2.74. The molecule has 1 heterocycles. The zero-order chi connectivity index (χ0) is 15.4. The van der Waals surface area contributed by atoms with Gasteiger partial charge in [0.25, 0.3) is 0 Å². The second kappa shape index (κ2) is 7.12. The molecule has 0 fully saturated rings. The summed E-state index contributed by atoms with van der Waals surface area (Å²) in [6.07, 6.45) is 3.78. The molecular weight excluding hydrogens is 286 g/mol. The topological polar surface area (TPSA) is 46.9 Å². The Bertz CT molecular complexity index is 548. The van der Waals surface area contributed by atoms with Crippen LogP contribution in [-0.4, -0.2) is 22.2 Å². The number of rotatable bonds is 5. The second-order valence-electron chi connectivity index (χ2n) is 6.01. The van der Waals surface area contributed by atoms with Crippen LogP contribution < -0.4 is 5.32 Å². The predicted octanol–water partition coefficient (Wildman–Crippen LogP) is 3.32. The van der Waals surface area contributed by atoms with Gasteiger partial charge in [-0.2, -0.15) is 5.10 Å². The SMILES string of the molecule is Cc1cc(C)n(C[C@H](C)CNC(=O)C2=C(Cl)CCCC2)n1. The van der Waals surface area contributed by atoms with Crippen LogP contribution in [0, 0.1) is 19.8 Å². The number of hydrogen-bond acceptors (Lipinski definition) is 2. The molecule has 1 aliphatic rings. The number of aromatic nitrogens is 2. The van der Waals surface area contributed by atoms with Crippen LogP contribution in [0.25, 0.3) is 0 Å². The van der Waals surface area contributed by atoms with Gasteiger partial charge in [-0.05, 0) is 51.5 Å². The van der Waals surface area contributed by atoms with E-state index >= 15 is 0 Å². The molecule has 0 aromatic carbocycles. The van der Waals surface area contributed by atoms with Crippen LogP contribution in [0.1, 0.15) is 44.0 Å². The monoisotopic (exact) mass is 309 g/mol. The minimum atomic E-state index is -0.0000761. The van der Waals surface area contributed by atoms with E-state index in [-0.39, 0.29) is 5.91 Å². The Balaban J connectivity index is 1.85. The Morgan fingerprint density at radius 2 is 2.14 bits per heavy atom. The van der Waals surface area contributed by atoms with Crippen LogP contribution in [0.5, 0.6) is 0 Å². The van der Waals surface area contributed by atoms with E-state index in [1.165, 1.54) is 0 Å². The number of carbonyl (C=O) groups is 1. The summed E-state index contributed by atoms with van der Waals surface area (Å²) in [5.41, 5.74) is 2.97. The number of amides is 1. The molecule has 4 nitrogen and oxygen atoms in total. The molecule has 0 radical (unpaired) electrons. The Morgan fingerprint density at radius 3 is 2.76 bits per heavy atom. The number of allylic oxidation sites excluding steroid dienone is 1. The molecule has 1 aliphatic carbocycles. The first-order valence-corrected chi connectivity index (χ1v) is 8.02. The van der Waals surface area contributed by atoms with Crippen LogP contribution in [0.4, 0.5) is 0 Å². The molecule has 1 aromatic rings. The lowest BCUT2D eigenvalue weighted by Crippen LogP contribution is -2.32. The Kier molecular flexibility index (Phi) is 5.45. The van der Waals surface area contributed by atoms with Crippen LogP contribution >= 0.6 is 11.6 Å². The highest BCUT2D eigenvalue weighted by atomic mass is 35.5. The van der Waals surface area contributed by atoms with Crippen molar-refractivity contribution in [1.29, 1.82) is 0 Å². The zero-order valence-electron chi connectivity index (χ0n) is 13.1. The molecular formula is C16H24ClN3O. The zero-order valence-corrected chi connectivity index (χ0v) is 13.8. The largest absolute Gasteiger partial charge is 0.352 e. The summed E-state index contributed by atoms with van der Waals surface area (Å²) in [6.45, 7) is 7.62. The highest BCUT2D eigenvalue weighted by Crippen LogP contribution is 2.27. The van der Waals surface area contributed by atoms with Crippen molar-refractivity contribution in [2.24, 2.45) is 5.92 Å². The van der Waals surface area contributed by atoms with Crippen molar-refractivity contribution in [3.63, 3.8) is 0 Å². The van der Waals surface area contributed by atoms with E-state index in [0.717, 1.165) is 54.2 Å². The minimum Gasteiger partial charge on any atom is -0.352 e. The molecule has 0 saturated carbocycles. The molecule has 0 saturated heterocycles. The van der Waals surface area contributed by atoms with Crippen molar-refractivity contribution < 1.29 is 4.79 Å². The number of aryl methyl sites for hydroxylation is 2. The fourth-order valence-electron chi connectivity index (χ4n) is 2.70. The molecule has 5 heteroatoms. The summed E-state index contributed by atoms with van der Waals surface area (Å²) < 4.78 is 2.00. The minimum absolute atomic E-state index is 0.0000761. The maximum Gasteiger partial charge on any atom is 0.248 e. The van der Waals surface area contributed by atoms with Gasteiger partial charge < -0.3 is 5.32 Å². The third kappa shape index (κ3) is 4.34. The van der Waals surface area contributed by atoms with E-state index < -0.39 is 0 Å². The van der Waals surface area contributed by atoms with Crippen LogP contribution in [0.2, 0.25) is 0 Å². The number of nitrogens with one attached hydrogen (secondary N) is 1. The average molecular weight is 310 g/mol. The molecule has 0 spiro atoms. The van der Waals surface area contributed by atoms with Gasteiger partial charge in [-0.15, -0.1) is 0 Å². The first-order chi connectivity index (χ1) is 9.97. The van der Waals surface area contributed by atoms with Gasteiger partial charge in [0.15, 0.2) is 0 Å². The molecule has 0 unspecified atom stereocenters. The number of carbonyl (C=O) groups excluding carboxylic acids is 1. The quantitative estimate of drug-likeness (QED) is 0.907. The van der Waals surface area contributed by atoms with E-state index in [9.17, 15) is 4.79 Å². The maximum atomic E-state index is 12.2. The number of nitrogens with zero attached hydrogens (tertiary/aromatic N) is 2. The summed E-state index contributed by atoms with van der Waals surface area (Å²) >= 11 is 6.15. The molecule has 1 aromatic heterocycles. The summed E-state index contributed by atoms with van der Waals surface area (Å²) in [7, 11) is 0. The van der Waals surface area contributed by atoms with Crippen molar-refractivity contribution in [1.82, 2.24) is 15.1 Å². The molecule has 0 aliphatic heterocycles. The first-order valence-electron chi connectivity index (χ1n) is 7.64. The van der Waals surface area contributed by atoms with Gasteiger partial charge in [-0.25, -0.2) is 0 Å². The van der Waals surface area contributed by atoms with Crippen LogP contribution in [0.3, 0.4) is 0 Å². The van der Waals surface area contributed by atoms with Gasteiger partial charge >= 0.3 is 0 Å². The maximum absolute atomic E-state index is 12.2. The van der Waals surface area contributed by atoms with Gasteiger partial charge in [0.2, 0.25) is 5.91 Å². The lowest BCUT2D eigenvalue weighted by molar-refractivity contribution is -0.117. The van der Waals surface area contributed by atoms with Gasteiger partial charge in [-0.1, -0.05) is 18.5 Å². The van der Waals surface area contributed by atoms with E-state index in [0.29, 0.717) is 12.5 Å². The highest BCUT2D eigenvalue weighted by Gasteiger charge is 2.18. The predicted molar refractivity (Wildman–Crippen MR) is 85.2 cm³/mol. The van der Waals surface area contributed by atoms with Gasteiger partial charge in [0.1, 0.15) is 0 Å². The summed E-state index contributed by atoms with van der Waals surface area (Å²) in [5.74, 6) is 0.329. The van der Waals surface area contributed by atoms with Crippen molar-refractivity contribution in [3.8, 4) is 0 Å². The highest BCUT2D eigenvalue weighted by molar-refractivity contribution is 6.32. The Labute approximate surface area is 131 Å². The molecule has 1 amide bonds. The molecule has 1 N–H and O–H groups in total. The third-order valence-corrected chi connectivity index (χ3v) is 4.29. The van der Waals surface area contributed by atoms with Crippen molar-refractivity contribution in [2.45, 2.75) is 53.0 Å². The lowest BCUT2D eigenvalue weighted by Gasteiger charge is -2.18. The fourth-order valence-corrected chi connectivity index (χ4v) is 3.01. The second-order valence-corrected chi connectivity index (χ2v) is 6.47. The summed E-state index contributed by atoms with van der Waals surface area (Å²) in [6, 6.07) is 2.07. The summed E-state index contributed by atoms with van der Waals surface area (Å²) in [4.78, 5) is 12.2. The Hall–Kier alpha value is -1.29. The van der Waals surface area contributed by atoms with Crippen molar-refractivity contribution in [2.75, 3.05) is 6.54 Å². The molecule has 1 atom stereocenters. The van der Waals surface area contributed by atoms with E-state index in [2.05, 4.69) is 30.3 Å². The van der Waals surface area contributed by atoms with Crippen molar-refractivity contribution >= 4 is 17.5 Å². The standard InChI is InChI=1S/C16H24ClN3O/c1-11(10-20-13(3)8-12(2)19-20)9-18-16(21)14-6-4-5-7-15(14)17/h8,11H,4-7,9-10H2,1-3H3,(H,18,21)/t11-/m1/s1. The molecule has 21 heavy (non-hydrogen) atoms. The van der Waals surface area contributed by atoms with Gasteiger partial charge in [-0.3, -0.25) is 9.48 Å². The summed E-state index contributed by atoms with van der Waals surface area (Å²) in [5, 5.41) is 8.20. The Morgan fingerprint density at radius 1 is 1.43 bits per heavy atom. The molecule has 2 rings (SSSR count). The normalized spacial score (nSPS) is 17.0. The van der Waals surface area contributed by atoms with Crippen LogP contribution in [-0.2, 0) is 11.3 Å². The molecule has 0 bridgehead atoms. The first kappa shape index (κ1) is 16.1. The van der Waals surface area contributed by atoms with Gasteiger partial charge in [0.05, 0.1) is 5.69 Å². The smallest absolute Gasteiger partial charge is 0.248 e. The van der Waals surface area contributed by atoms with Crippen LogP contribution in [0.15, 0.2) is 16.7 Å². The number of halogens is 1. The third-order valence-electron chi connectivity index (χ3n) is 3.87. The molecule has 116 valence electrons. The van der Waals surface area contributed by atoms with E-state index in [4.69, 9.17) is 11.6 Å². The number of hydrogen-bond donors (Lipinski definition) is 1. The fraction of sp³-hybridized carbons (Fsp3) is 0.625. The van der Waals surface area contributed by atoms with E-state index in [1.54, 1.807) is 0 Å². The van der Waals surface area contributed by atoms with E-state index in [1.807, 2.05) is 11.6 Å². The van der Waals surface area contributed by atoms with Crippen molar-refractivity contribution in [3.05, 3.63) is 28.1 Å². The van der Waals surface area contributed by atoms with Gasteiger partial charge in [0, 0.05) is 29.4 Å². The lowest BCUT2D eigenvalue weighted by atomic mass is 9.98.